The van der Waals surface area contributed by atoms with Crippen LogP contribution in [0, 0.1) is 6.92 Å². The SMILES string of the molecule is COC(=O)c1c(NC(=O)COc2ccc(OC)cc2)sc(C)c1-c1ccccc1. The third kappa shape index (κ3) is 4.75. The lowest BCUT2D eigenvalue weighted by atomic mass is 10.0. The first kappa shape index (κ1) is 20.4. The molecule has 6 nitrogen and oxygen atoms in total. The summed E-state index contributed by atoms with van der Waals surface area (Å²) in [6, 6.07) is 16.5. The van der Waals surface area contributed by atoms with Gasteiger partial charge in [0, 0.05) is 10.4 Å². The number of thiophene rings is 1. The fourth-order valence-corrected chi connectivity index (χ4v) is 3.95. The van der Waals surface area contributed by atoms with Crippen LogP contribution < -0.4 is 14.8 Å². The molecule has 0 aliphatic carbocycles. The molecule has 0 bridgehead atoms. The van der Waals surface area contributed by atoms with Crippen molar-refractivity contribution in [2.45, 2.75) is 6.92 Å². The summed E-state index contributed by atoms with van der Waals surface area (Å²) < 4.78 is 15.6. The van der Waals surface area contributed by atoms with Crippen LogP contribution in [0.3, 0.4) is 0 Å². The van der Waals surface area contributed by atoms with Gasteiger partial charge in [0.1, 0.15) is 22.1 Å². The zero-order valence-electron chi connectivity index (χ0n) is 16.4. The Morgan fingerprint density at radius 3 is 2.24 bits per heavy atom. The van der Waals surface area contributed by atoms with E-state index in [1.807, 2.05) is 37.3 Å². The third-order valence-electron chi connectivity index (χ3n) is 4.22. The lowest BCUT2D eigenvalue weighted by molar-refractivity contribution is -0.118. The number of hydrogen-bond donors (Lipinski definition) is 1. The highest BCUT2D eigenvalue weighted by Gasteiger charge is 2.25. The van der Waals surface area contributed by atoms with Crippen LogP contribution in [0.2, 0.25) is 0 Å². The molecule has 150 valence electrons. The molecule has 0 radical (unpaired) electrons. The first-order valence-corrected chi connectivity index (χ1v) is 9.69. The number of rotatable bonds is 7. The number of anilines is 1. The maximum absolute atomic E-state index is 12.5. The van der Waals surface area contributed by atoms with E-state index in [-0.39, 0.29) is 12.5 Å². The minimum absolute atomic E-state index is 0.190. The van der Waals surface area contributed by atoms with Crippen molar-refractivity contribution in [2.24, 2.45) is 0 Å². The zero-order valence-corrected chi connectivity index (χ0v) is 17.2. The zero-order chi connectivity index (χ0) is 20.8. The van der Waals surface area contributed by atoms with Gasteiger partial charge in [0.05, 0.1) is 14.2 Å². The number of nitrogens with one attached hydrogen (secondary N) is 1. The number of methoxy groups -OCH3 is 2. The highest BCUT2D eigenvalue weighted by molar-refractivity contribution is 7.17. The van der Waals surface area contributed by atoms with E-state index >= 15 is 0 Å². The molecule has 1 amide bonds. The molecule has 1 heterocycles. The summed E-state index contributed by atoms with van der Waals surface area (Å²) in [6.45, 7) is 1.72. The first-order chi connectivity index (χ1) is 14.0. The molecular weight excluding hydrogens is 390 g/mol. The normalized spacial score (nSPS) is 10.3. The van der Waals surface area contributed by atoms with E-state index < -0.39 is 5.97 Å². The minimum Gasteiger partial charge on any atom is -0.497 e. The predicted molar refractivity (Wildman–Crippen MR) is 113 cm³/mol. The molecule has 0 saturated heterocycles. The molecule has 2 aromatic carbocycles. The average molecular weight is 411 g/mol. The van der Waals surface area contributed by atoms with Crippen molar-refractivity contribution in [3.05, 3.63) is 65.0 Å². The first-order valence-electron chi connectivity index (χ1n) is 8.87. The van der Waals surface area contributed by atoms with Crippen molar-refractivity contribution >= 4 is 28.2 Å². The topological polar surface area (TPSA) is 73.9 Å². The number of carbonyl (C=O) groups is 2. The summed E-state index contributed by atoms with van der Waals surface area (Å²) >= 11 is 1.33. The van der Waals surface area contributed by atoms with E-state index in [1.165, 1.54) is 18.4 Å². The van der Waals surface area contributed by atoms with Gasteiger partial charge in [-0.15, -0.1) is 11.3 Å². The number of amides is 1. The van der Waals surface area contributed by atoms with Crippen LogP contribution in [0.1, 0.15) is 15.2 Å². The van der Waals surface area contributed by atoms with Crippen molar-refractivity contribution in [1.29, 1.82) is 0 Å². The van der Waals surface area contributed by atoms with Crippen LogP contribution in [0.25, 0.3) is 11.1 Å². The summed E-state index contributed by atoms with van der Waals surface area (Å²) in [5.41, 5.74) is 1.99. The van der Waals surface area contributed by atoms with Crippen molar-refractivity contribution in [2.75, 3.05) is 26.1 Å². The second kappa shape index (κ2) is 9.25. The van der Waals surface area contributed by atoms with Crippen molar-refractivity contribution in [3.63, 3.8) is 0 Å². The Morgan fingerprint density at radius 2 is 1.62 bits per heavy atom. The largest absolute Gasteiger partial charge is 0.497 e. The monoisotopic (exact) mass is 411 g/mol. The Hall–Kier alpha value is -3.32. The standard InChI is InChI=1S/C22H21NO5S/c1-14-19(15-7-5-4-6-8-15)20(22(25)27-3)21(29-14)23-18(24)13-28-17-11-9-16(26-2)10-12-17/h4-12H,13H2,1-3H3,(H,23,24). The van der Waals surface area contributed by atoms with Gasteiger partial charge in [0.25, 0.3) is 5.91 Å². The van der Waals surface area contributed by atoms with Crippen LogP contribution in [-0.2, 0) is 9.53 Å². The fourth-order valence-electron chi connectivity index (χ4n) is 2.87. The molecule has 3 aromatic rings. The highest BCUT2D eigenvalue weighted by Crippen LogP contribution is 2.40. The van der Waals surface area contributed by atoms with Crippen molar-refractivity contribution < 1.29 is 23.8 Å². The predicted octanol–water partition coefficient (Wildman–Crippen LogP) is 4.54. The molecule has 0 spiro atoms. The number of hydrogen-bond acceptors (Lipinski definition) is 6. The molecule has 7 heteroatoms. The Bertz CT molecular complexity index is 996. The van der Waals surface area contributed by atoms with Gasteiger partial charge in [0.2, 0.25) is 0 Å². The lowest BCUT2D eigenvalue weighted by Gasteiger charge is -2.09. The van der Waals surface area contributed by atoms with Gasteiger partial charge in [-0.25, -0.2) is 4.79 Å². The number of ether oxygens (including phenoxy) is 3. The quantitative estimate of drug-likeness (QED) is 0.578. The number of aryl methyl sites for hydroxylation is 1. The summed E-state index contributed by atoms with van der Waals surface area (Å²) in [5, 5.41) is 3.22. The second-order valence-electron chi connectivity index (χ2n) is 6.11. The molecule has 3 rings (SSSR count). The molecule has 1 aromatic heterocycles. The Kier molecular flexibility index (Phi) is 6.51. The lowest BCUT2D eigenvalue weighted by Crippen LogP contribution is -2.21. The average Bonchev–Trinajstić information content (AvgIpc) is 3.08. The van der Waals surface area contributed by atoms with Crippen LogP contribution in [0.15, 0.2) is 54.6 Å². The highest BCUT2D eigenvalue weighted by atomic mass is 32.1. The minimum atomic E-state index is -0.500. The molecule has 1 N–H and O–H groups in total. The van der Waals surface area contributed by atoms with Gasteiger partial charge in [-0.3, -0.25) is 4.79 Å². The van der Waals surface area contributed by atoms with Crippen molar-refractivity contribution in [1.82, 2.24) is 0 Å². The van der Waals surface area contributed by atoms with Gasteiger partial charge in [-0.1, -0.05) is 30.3 Å². The van der Waals surface area contributed by atoms with Gasteiger partial charge in [-0.2, -0.15) is 0 Å². The summed E-state index contributed by atoms with van der Waals surface area (Å²) in [5.74, 6) is 0.375. The Balaban J connectivity index is 1.79. The van der Waals surface area contributed by atoms with Gasteiger partial charge in [-0.05, 0) is 36.8 Å². The van der Waals surface area contributed by atoms with E-state index in [0.717, 1.165) is 16.0 Å². The van der Waals surface area contributed by atoms with Gasteiger partial charge < -0.3 is 19.5 Å². The number of esters is 1. The molecule has 0 unspecified atom stereocenters. The van der Waals surface area contributed by atoms with E-state index in [1.54, 1.807) is 31.4 Å². The van der Waals surface area contributed by atoms with E-state index in [2.05, 4.69) is 5.32 Å². The van der Waals surface area contributed by atoms with Crippen LogP contribution in [0.4, 0.5) is 5.00 Å². The molecule has 0 aliphatic heterocycles. The number of carbonyl (C=O) groups excluding carboxylic acids is 2. The molecule has 29 heavy (non-hydrogen) atoms. The molecule has 0 atom stereocenters. The smallest absolute Gasteiger partial charge is 0.341 e. The Morgan fingerprint density at radius 1 is 0.966 bits per heavy atom. The summed E-state index contributed by atoms with van der Waals surface area (Å²) in [6.07, 6.45) is 0. The van der Waals surface area contributed by atoms with Crippen LogP contribution in [0.5, 0.6) is 11.5 Å². The number of benzene rings is 2. The van der Waals surface area contributed by atoms with Crippen molar-refractivity contribution in [3.8, 4) is 22.6 Å². The fraction of sp³-hybridized carbons (Fsp3) is 0.182. The maximum atomic E-state index is 12.5. The molecular formula is C22H21NO5S. The van der Waals surface area contributed by atoms with E-state index in [4.69, 9.17) is 14.2 Å². The third-order valence-corrected chi connectivity index (χ3v) is 5.24. The van der Waals surface area contributed by atoms with Crippen LogP contribution >= 0.6 is 11.3 Å². The maximum Gasteiger partial charge on any atom is 0.341 e. The molecule has 0 fully saturated rings. The van der Waals surface area contributed by atoms with Crippen LogP contribution in [-0.4, -0.2) is 32.7 Å². The van der Waals surface area contributed by atoms with Gasteiger partial charge >= 0.3 is 5.97 Å². The van der Waals surface area contributed by atoms with Gasteiger partial charge in [0.15, 0.2) is 6.61 Å². The molecule has 0 saturated carbocycles. The Labute approximate surface area is 173 Å². The second-order valence-corrected chi connectivity index (χ2v) is 7.33. The van der Waals surface area contributed by atoms with E-state index in [9.17, 15) is 9.59 Å². The summed E-state index contributed by atoms with van der Waals surface area (Å²) in [7, 11) is 2.90. The van der Waals surface area contributed by atoms with E-state index in [0.29, 0.717) is 22.1 Å². The molecule has 0 aliphatic rings. The summed E-state index contributed by atoms with van der Waals surface area (Å²) in [4.78, 5) is 25.8.